The minimum Gasteiger partial charge on any atom is -0.334 e. The topological polar surface area (TPSA) is 63.9 Å². The van der Waals surface area contributed by atoms with Crippen LogP contribution in [0, 0.1) is 0 Å². The maximum atomic E-state index is 12.3. The third-order valence-electron chi connectivity index (χ3n) is 4.03. The molecule has 0 spiro atoms. The van der Waals surface area contributed by atoms with E-state index in [0.29, 0.717) is 31.3 Å². The first-order valence-corrected chi connectivity index (χ1v) is 7.36. The first kappa shape index (κ1) is 12.9. The lowest BCUT2D eigenvalue weighted by atomic mass is 10.2. The summed E-state index contributed by atoms with van der Waals surface area (Å²) in [4.78, 5) is 18.7. The molecule has 1 aliphatic heterocycles. The van der Waals surface area contributed by atoms with Gasteiger partial charge in [-0.2, -0.15) is 0 Å². The fourth-order valence-corrected chi connectivity index (χ4v) is 2.82. The van der Waals surface area contributed by atoms with Gasteiger partial charge in [0.1, 0.15) is 5.69 Å². The normalized spacial score (nSPS) is 14.4. The Morgan fingerprint density at radius 3 is 2.73 bits per heavy atom. The molecule has 0 unspecified atom stereocenters. The highest BCUT2D eigenvalue weighted by atomic mass is 16.2. The van der Waals surface area contributed by atoms with E-state index in [1.54, 1.807) is 4.90 Å². The van der Waals surface area contributed by atoms with E-state index >= 15 is 0 Å². The Morgan fingerprint density at radius 2 is 1.86 bits per heavy atom. The zero-order chi connectivity index (χ0) is 15.1. The number of carbonyl (C=O) groups excluding carboxylic acids is 1. The zero-order valence-electron chi connectivity index (χ0n) is 12.2. The monoisotopic (exact) mass is 293 g/mol. The van der Waals surface area contributed by atoms with Crippen molar-refractivity contribution in [2.24, 2.45) is 0 Å². The van der Waals surface area contributed by atoms with Crippen LogP contribution in [0.15, 0.2) is 36.4 Å². The molecule has 6 heteroatoms. The molecule has 0 aliphatic carbocycles. The first-order chi connectivity index (χ1) is 10.8. The molecule has 0 atom stereocenters. The molecule has 1 amide bonds. The number of hydrogen-bond donors (Lipinski definition) is 0. The van der Waals surface area contributed by atoms with Gasteiger partial charge in [0.25, 0.3) is 5.91 Å². The van der Waals surface area contributed by atoms with Gasteiger partial charge in [-0.05, 0) is 19.1 Å². The Bertz CT molecular complexity index is 870. The molecule has 4 rings (SSSR count). The van der Waals surface area contributed by atoms with Gasteiger partial charge >= 0.3 is 0 Å². The van der Waals surface area contributed by atoms with Crippen LogP contribution >= 0.6 is 0 Å². The van der Waals surface area contributed by atoms with Crippen LogP contribution in [0.2, 0.25) is 0 Å². The molecular formula is C16H15N5O. The summed E-state index contributed by atoms with van der Waals surface area (Å²) < 4.78 is 1.87. The fraction of sp³-hybridized carbons (Fsp3) is 0.250. The SMILES string of the molecule is CCN1CCn2c(nnc2-c2ccc3ccccc3n2)C1=O. The van der Waals surface area contributed by atoms with Crippen molar-refractivity contribution in [3.05, 3.63) is 42.2 Å². The molecule has 1 aromatic carbocycles. The van der Waals surface area contributed by atoms with Gasteiger partial charge in [0.15, 0.2) is 5.82 Å². The number of hydrogen-bond acceptors (Lipinski definition) is 4. The van der Waals surface area contributed by atoms with Crippen molar-refractivity contribution in [2.75, 3.05) is 13.1 Å². The minimum absolute atomic E-state index is 0.0618. The smallest absolute Gasteiger partial charge is 0.291 e. The predicted molar refractivity (Wildman–Crippen MR) is 82.3 cm³/mol. The Kier molecular flexibility index (Phi) is 2.89. The molecule has 0 N–H and O–H groups in total. The van der Waals surface area contributed by atoms with Gasteiger partial charge in [-0.3, -0.25) is 9.36 Å². The average Bonchev–Trinajstić information content (AvgIpc) is 3.00. The highest BCUT2D eigenvalue weighted by molar-refractivity contribution is 5.92. The lowest BCUT2D eigenvalue weighted by Crippen LogP contribution is -2.40. The molecule has 2 aromatic heterocycles. The number of benzene rings is 1. The van der Waals surface area contributed by atoms with E-state index in [1.165, 1.54) is 0 Å². The second-order valence-electron chi connectivity index (χ2n) is 5.27. The Balaban J connectivity index is 1.82. The lowest BCUT2D eigenvalue weighted by Gasteiger charge is -2.26. The third kappa shape index (κ3) is 1.88. The fourth-order valence-electron chi connectivity index (χ4n) is 2.82. The van der Waals surface area contributed by atoms with Crippen molar-refractivity contribution < 1.29 is 4.79 Å². The molecule has 0 bridgehead atoms. The number of rotatable bonds is 2. The number of likely N-dealkylation sites (N-methyl/N-ethyl adjacent to an activating group) is 1. The Hall–Kier alpha value is -2.76. The quantitative estimate of drug-likeness (QED) is 0.724. The molecule has 1 aliphatic rings. The molecule has 6 nitrogen and oxygen atoms in total. The zero-order valence-corrected chi connectivity index (χ0v) is 12.2. The predicted octanol–water partition coefficient (Wildman–Crippen LogP) is 1.97. The van der Waals surface area contributed by atoms with E-state index < -0.39 is 0 Å². The summed E-state index contributed by atoms with van der Waals surface area (Å²) in [5, 5.41) is 9.35. The summed E-state index contributed by atoms with van der Waals surface area (Å²) in [6.07, 6.45) is 0. The van der Waals surface area contributed by atoms with Crippen LogP contribution in [0.1, 0.15) is 17.5 Å². The maximum absolute atomic E-state index is 12.3. The van der Waals surface area contributed by atoms with Gasteiger partial charge in [-0.15, -0.1) is 10.2 Å². The summed E-state index contributed by atoms with van der Waals surface area (Å²) in [7, 11) is 0. The van der Waals surface area contributed by atoms with E-state index in [1.807, 2.05) is 47.9 Å². The van der Waals surface area contributed by atoms with Crippen LogP contribution in [0.4, 0.5) is 0 Å². The number of pyridine rings is 1. The van der Waals surface area contributed by atoms with E-state index in [2.05, 4.69) is 15.2 Å². The average molecular weight is 293 g/mol. The van der Waals surface area contributed by atoms with Crippen molar-refractivity contribution in [2.45, 2.75) is 13.5 Å². The summed E-state index contributed by atoms with van der Waals surface area (Å²) in [5.41, 5.74) is 1.66. The summed E-state index contributed by atoms with van der Waals surface area (Å²) >= 11 is 0. The number of aromatic nitrogens is 4. The minimum atomic E-state index is -0.0618. The molecule has 0 saturated heterocycles. The summed E-state index contributed by atoms with van der Waals surface area (Å²) in [6.45, 7) is 4.04. The van der Waals surface area contributed by atoms with Crippen LogP contribution in [-0.4, -0.2) is 43.6 Å². The van der Waals surface area contributed by atoms with Crippen molar-refractivity contribution in [3.8, 4) is 11.5 Å². The summed E-state index contributed by atoms with van der Waals surface area (Å²) in [6, 6.07) is 11.9. The third-order valence-corrected chi connectivity index (χ3v) is 4.03. The van der Waals surface area contributed by atoms with Gasteiger partial charge in [0.2, 0.25) is 5.82 Å². The van der Waals surface area contributed by atoms with E-state index in [0.717, 1.165) is 16.6 Å². The molecule has 0 saturated carbocycles. The van der Waals surface area contributed by atoms with E-state index in [-0.39, 0.29) is 5.91 Å². The van der Waals surface area contributed by atoms with Gasteiger partial charge in [-0.25, -0.2) is 4.98 Å². The second-order valence-corrected chi connectivity index (χ2v) is 5.27. The van der Waals surface area contributed by atoms with Crippen LogP contribution < -0.4 is 0 Å². The molecule has 110 valence electrons. The summed E-state index contributed by atoms with van der Waals surface area (Å²) in [5.74, 6) is 0.996. The van der Waals surface area contributed by atoms with E-state index in [4.69, 9.17) is 0 Å². The van der Waals surface area contributed by atoms with Gasteiger partial charge in [-0.1, -0.05) is 24.3 Å². The number of fused-ring (bicyclic) bond motifs is 2. The highest BCUT2D eigenvalue weighted by Crippen LogP contribution is 2.22. The lowest BCUT2D eigenvalue weighted by molar-refractivity contribution is 0.0707. The van der Waals surface area contributed by atoms with Crippen molar-refractivity contribution in [1.82, 2.24) is 24.6 Å². The van der Waals surface area contributed by atoms with E-state index in [9.17, 15) is 4.79 Å². The van der Waals surface area contributed by atoms with Crippen LogP contribution in [-0.2, 0) is 6.54 Å². The van der Waals surface area contributed by atoms with Gasteiger partial charge < -0.3 is 4.90 Å². The van der Waals surface area contributed by atoms with Crippen molar-refractivity contribution in [1.29, 1.82) is 0 Å². The van der Waals surface area contributed by atoms with Gasteiger partial charge in [0.05, 0.1) is 5.52 Å². The number of para-hydroxylation sites is 1. The highest BCUT2D eigenvalue weighted by Gasteiger charge is 2.28. The molecule has 0 fully saturated rings. The first-order valence-electron chi connectivity index (χ1n) is 7.36. The number of carbonyl (C=O) groups is 1. The van der Waals surface area contributed by atoms with Crippen molar-refractivity contribution >= 4 is 16.8 Å². The Labute approximate surface area is 127 Å². The van der Waals surface area contributed by atoms with Crippen LogP contribution in [0.25, 0.3) is 22.4 Å². The number of nitrogens with zero attached hydrogens (tertiary/aromatic N) is 5. The standard InChI is InChI=1S/C16H15N5O/c1-2-20-9-10-21-14(18-19-15(21)16(20)22)13-8-7-11-5-3-4-6-12(11)17-13/h3-8H,2,9-10H2,1H3. The number of amides is 1. The van der Waals surface area contributed by atoms with Crippen molar-refractivity contribution in [3.63, 3.8) is 0 Å². The molecule has 0 radical (unpaired) electrons. The largest absolute Gasteiger partial charge is 0.334 e. The molecule has 3 heterocycles. The molecular weight excluding hydrogens is 278 g/mol. The maximum Gasteiger partial charge on any atom is 0.291 e. The Morgan fingerprint density at radius 1 is 1.05 bits per heavy atom. The van der Waals surface area contributed by atoms with Crippen LogP contribution in [0.5, 0.6) is 0 Å². The molecule has 22 heavy (non-hydrogen) atoms. The molecule has 3 aromatic rings. The van der Waals surface area contributed by atoms with Gasteiger partial charge in [0, 0.05) is 25.0 Å². The second kappa shape index (κ2) is 4.91. The van der Waals surface area contributed by atoms with Crippen LogP contribution in [0.3, 0.4) is 0 Å².